The first kappa shape index (κ1) is 21.0. The number of benzene rings is 1. The molecule has 0 radical (unpaired) electrons. The zero-order valence-electron chi connectivity index (χ0n) is 17.1. The molecule has 0 aromatic heterocycles. The monoisotopic (exact) mass is 400 g/mol. The molecule has 7 heteroatoms. The van der Waals surface area contributed by atoms with Crippen molar-refractivity contribution in [2.45, 2.75) is 57.4 Å². The van der Waals surface area contributed by atoms with Gasteiger partial charge in [0.15, 0.2) is 12.4 Å². The molecule has 1 spiro atoms. The topological polar surface area (TPSA) is 84.0 Å². The third-order valence-corrected chi connectivity index (χ3v) is 5.95. The van der Waals surface area contributed by atoms with E-state index in [1.165, 1.54) is 4.90 Å². The molecule has 2 fully saturated rings. The molecular formula is C22H28N2O5. The molecule has 1 aliphatic carbocycles. The maximum atomic E-state index is 12.9. The summed E-state index contributed by atoms with van der Waals surface area (Å²) < 4.78 is 5.05. The minimum absolute atomic E-state index is 0.318. The van der Waals surface area contributed by atoms with Gasteiger partial charge in [-0.15, -0.1) is 0 Å². The van der Waals surface area contributed by atoms with Gasteiger partial charge in [0.1, 0.15) is 12.1 Å². The van der Waals surface area contributed by atoms with Gasteiger partial charge in [-0.3, -0.25) is 19.3 Å². The highest BCUT2D eigenvalue weighted by Gasteiger charge is 2.55. The lowest BCUT2D eigenvalue weighted by atomic mass is 9.81. The van der Waals surface area contributed by atoms with Gasteiger partial charge in [0.05, 0.1) is 0 Å². The van der Waals surface area contributed by atoms with E-state index in [1.54, 1.807) is 19.2 Å². The number of carbonyl (C=O) groups excluding carboxylic acids is 4. The Kier molecular flexibility index (Phi) is 6.35. The van der Waals surface area contributed by atoms with Crippen molar-refractivity contribution in [2.24, 2.45) is 0 Å². The maximum absolute atomic E-state index is 12.9. The molecule has 0 bridgehead atoms. The summed E-state index contributed by atoms with van der Waals surface area (Å²) in [6.45, 7) is 1.21. The van der Waals surface area contributed by atoms with Gasteiger partial charge in [-0.1, -0.05) is 56.9 Å². The second-order valence-electron chi connectivity index (χ2n) is 7.86. The summed E-state index contributed by atoms with van der Waals surface area (Å²) in [5, 5.41) is 0. The van der Waals surface area contributed by atoms with E-state index in [9.17, 15) is 19.2 Å². The molecule has 1 saturated carbocycles. The van der Waals surface area contributed by atoms with E-state index < -0.39 is 30.7 Å². The summed E-state index contributed by atoms with van der Waals surface area (Å²) in [4.78, 5) is 52.3. The van der Waals surface area contributed by atoms with Crippen LogP contribution < -0.4 is 0 Å². The molecule has 2 aliphatic rings. The van der Waals surface area contributed by atoms with Crippen molar-refractivity contribution in [2.75, 3.05) is 20.2 Å². The van der Waals surface area contributed by atoms with E-state index in [-0.39, 0.29) is 11.7 Å². The quantitative estimate of drug-likeness (QED) is 0.399. The van der Waals surface area contributed by atoms with Crippen LogP contribution in [0.1, 0.15) is 61.4 Å². The zero-order valence-corrected chi connectivity index (χ0v) is 17.1. The molecule has 0 unspecified atom stereocenters. The van der Waals surface area contributed by atoms with Gasteiger partial charge in [0, 0.05) is 12.6 Å². The fourth-order valence-electron chi connectivity index (χ4n) is 4.22. The average molecular weight is 400 g/mol. The largest absolute Gasteiger partial charge is 0.456 e. The average Bonchev–Trinajstić information content (AvgIpc) is 2.90. The molecule has 0 N–H and O–H groups in total. The van der Waals surface area contributed by atoms with Crippen LogP contribution in [0.3, 0.4) is 0 Å². The normalized spacial score (nSPS) is 18.4. The van der Waals surface area contributed by atoms with Crippen LogP contribution in [0.5, 0.6) is 0 Å². The first-order valence-electron chi connectivity index (χ1n) is 10.3. The van der Waals surface area contributed by atoms with Crippen LogP contribution >= 0.6 is 0 Å². The van der Waals surface area contributed by atoms with E-state index >= 15 is 0 Å². The number of ether oxygens (including phenoxy) is 1. The van der Waals surface area contributed by atoms with E-state index in [0.717, 1.165) is 42.6 Å². The van der Waals surface area contributed by atoms with Gasteiger partial charge in [-0.2, -0.15) is 0 Å². The Bertz CT molecular complexity index is 796. The van der Waals surface area contributed by atoms with Crippen LogP contribution in [0.25, 0.3) is 0 Å². The molecule has 1 aromatic carbocycles. The highest BCUT2D eigenvalue weighted by atomic mass is 16.5. The first-order valence-corrected chi connectivity index (χ1v) is 10.3. The van der Waals surface area contributed by atoms with Gasteiger partial charge in [-0.25, -0.2) is 4.79 Å². The van der Waals surface area contributed by atoms with Gasteiger partial charge >= 0.3 is 12.0 Å². The number of hydrogen-bond acceptors (Lipinski definition) is 5. The van der Waals surface area contributed by atoms with Crippen LogP contribution in [-0.2, 0) is 20.7 Å². The van der Waals surface area contributed by atoms with Crippen molar-refractivity contribution < 1.29 is 23.9 Å². The summed E-state index contributed by atoms with van der Waals surface area (Å²) in [6.07, 6.45) is 6.01. The van der Waals surface area contributed by atoms with Crippen LogP contribution in [-0.4, -0.2) is 59.2 Å². The molecule has 1 aromatic rings. The molecule has 156 valence electrons. The molecule has 1 aliphatic heterocycles. The smallest absolute Gasteiger partial charge is 0.327 e. The van der Waals surface area contributed by atoms with E-state index in [1.807, 2.05) is 12.1 Å². The predicted octanol–water partition coefficient (Wildman–Crippen LogP) is 2.96. The molecule has 1 saturated heterocycles. The van der Waals surface area contributed by atoms with Crippen molar-refractivity contribution in [1.29, 1.82) is 0 Å². The third-order valence-electron chi connectivity index (χ3n) is 5.95. The van der Waals surface area contributed by atoms with Crippen molar-refractivity contribution in [3.63, 3.8) is 0 Å². The lowest BCUT2D eigenvalue weighted by molar-refractivity contribution is -0.147. The van der Waals surface area contributed by atoms with E-state index in [2.05, 4.69) is 6.92 Å². The van der Waals surface area contributed by atoms with Crippen LogP contribution in [0.15, 0.2) is 24.3 Å². The number of ketones is 1. The number of nitrogens with zero attached hydrogens (tertiary/aromatic N) is 2. The fraction of sp³-hybridized carbons (Fsp3) is 0.545. The Morgan fingerprint density at radius 1 is 1.07 bits per heavy atom. The molecule has 1 heterocycles. The number of aryl methyl sites for hydroxylation is 1. The van der Waals surface area contributed by atoms with Crippen LogP contribution in [0.4, 0.5) is 4.79 Å². The zero-order chi connectivity index (χ0) is 21.0. The number of urea groups is 1. The Hall–Kier alpha value is -2.70. The number of Topliss-reactive ketones (excluding diaryl/α,β-unsaturated/α-hetero) is 1. The third kappa shape index (κ3) is 4.18. The lowest BCUT2D eigenvalue weighted by Gasteiger charge is -2.35. The Morgan fingerprint density at radius 2 is 1.72 bits per heavy atom. The van der Waals surface area contributed by atoms with Crippen molar-refractivity contribution in [3.8, 4) is 0 Å². The van der Waals surface area contributed by atoms with Crippen LogP contribution in [0, 0.1) is 0 Å². The highest BCUT2D eigenvalue weighted by molar-refractivity contribution is 6.08. The second-order valence-corrected chi connectivity index (χ2v) is 7.86. The van der Waals surface area contributed by atoms with Crippen LogP contribution in [0.2, 0.25) is 0 Å². The fourth-order valence-corrected chi connectivity index (χ4v) is 4.22. The SMILES string of the molecule is CCCc1ccc(C(=O)COC(=O)CN2C(=O)N(C)C3(CCCCC3)C2=O)cc1. The number of amides is 3. The summed E-state index contributed by atoms with van der Waals surface area (Å²) in [5.74, 6) is -1.41. The molecule has 3 rings (SSSR count). The Morgan fingerprint density at radius 3 is 2.34 bits per heavy atom. The van der Waals surface area contributed by atoms with Crippen molar-refractivity contribution in [1.82, 2.24) is 9.80 Å². The maximum Gasteiger partial charge on any atom is 0.327 e. The summed E-state index contributed by atoms with van der Waals surface area (Å²) >= 11 is 0. The number of hydrogen-bond donors (Lipinski definition) is 0. The minimum Gasteiger partial charge on any atom is -0.456 e. The van der Waals surface area contributed by atoms with E-state index in [0.29, 0.717) is 18.4 Å². The molecule has 0 atom stereocenters. The van der Waals surface area contributed by atoms with Gasteiger partial charge in [0.2, 0.25) is 0 Å². The minimum atomic E-state index is -0.828. The second kappa shape index (κ2) is 8.76. The summed E-state index contributed by atoms with van der Waals surface area (Å²) in [7, 11) is 1.61. The highest BCUT2D eigenvalue weighted by Crippen LogP contribution is 2.39. The predicted molar refractivity (Wildman–Crippen MR) is 106 cm³/mol. The number of likely N-dealkylation sites (N-methyl/N-ethyl adjacent to an activating group) is 1. The lowest BCUT2D eigenvalue weighted by Crippen LogP contribution is -2.49. The molecule has 7 nitrogen and oxygen atoms in total. The van der Waals surface area contributed by atoms with Crippen molar-refractivity contribution in [3.05, 3.63) is 35.4 Å². The Balaban J connectivity index is 1.55. The summed E-state index contributed by atoms with van der Waals surface area (Å²) in [6, 6.07) is 6.73. The number of carbonyl (C=O) groups is 4. The molecule has 3 amide bonds. The Labute approximate surface area is 171 Å². The van der Waals surface area contributed by atoms with Gasteiger partial charge in [-0.05, 0) is 24.8 Å². The molecular weight excluding hydrogens is 372 g/mol. The summed E-state index contributed by atoms with van der Waals surface area (Å²) in [5.41, 5.74) is 0.783. The first-order chi connectivity index (χ1) is 13.9. The molecule has 29 heavy (non-hydrogen) atoms. The number of imide groups is 1. The van der Waals surface area contributed by atoms with E-state index in [4.69, 9.17) is 4.74 Å². The number of rotatable bonds is 7. The van der Waals surface area contributed by atoms with Gasteiger partial charge in [0.25, 0.3) is 5.91 Å². The van der Waals surface area contributed by atoms with Gasteiger partial charge < -0.3 is 9.64 Å². The van der Waals surface area contributed by atoms with Crippen molar-refractivity contribution >= 4 is 23.7 Å². The number of esters is 1. The standard InChI is InChI=1S/C22H28N2O5/c1-3-7-16-8-10-17(11-9-16)18(25)15-29-19(26)14-24-20(27)22(23(2)21(24)28)12-5-4-6-13-22/h8-11H,3-7,12-15H2,1-2H3.